The Kier molecular flexibility index (Phi) is 5.91. The predicted molar refractivity (Wildman–Crippen MR) is 120 cm³/mol. The first-order valence-electron chi connectivity index (χ1n) is 9.59. The number of methoxy groups -OCH3 is 1. The molecular formula is C25H19BrO5. The van der Waals surface area contributed by atoms with Crippen molar-refractivity contribution in [2.45, 2.75) is 13.5 Å². The van der Waals surface area contributed by atoms with Crippen LogP contribution in [0.1, 0.15) is 37.4 Å². The summed E-state index contributed by atoms with van der Waals surface area (Å²) in [4.78, 5) is 24.4. The number of fused-ring (bicyclic) bond motifs is 1. The number of rotatable bonds is 5. The van der Waals surface area contributed by atoms with Gasteiger partial charge in [-0.15, -0.1) is 0 Å². The summed E-state index contributed by atoms with van der Waals surface area (Å²) >= 11 is 3.42. The van der Waals surface area contributed by atoms with Crippen LogP contribution in [0.25, 0.3) is 6.08 Å². The lowest BCUT2D eigenvalue weighted by molar-refractivity contribution is 0.0600. The van der Waals surface area contributed by atoms with Gasteiger partial charge in [0, 0.05) is 10.5 Å². The molecule has 0 spiro atoms. The highest BCUT2D eigenvalue weighted by Crippen LogP contribution is 2.37. The van der Waals surface area contributed by atoms with Gasteiger partial charge in [-0.25, -0.2) is 4.79 Å². The van der Waals surface area contributed by atoms with Crippen molar-refractivity contribution in [2.75, 3.05) is 7.11 Å². The van der Waals surface area contributed by atoms with E-state index in [9.17, 15) is 9.59 Å². The Morgan fingerprint density at radius 2 is 1.77 bits per heavy atom. The van der Waals surface area contributed by atoms with Gasteiger partial charge in [-0.2, -0.15) is 0 Å². The van der Waals surface area contributed by atoms with E-state index in [1.807, 2.05) is 37.3 Å². The van der Waals surface area contributed by atoms with Gasteiger partial charge in [-0.1, -0.05) is 40.2 Å². The van der Waals surface area contributed by atoms with Crippen LogP contribution in [0.3, 0.4) is 0 Å². The molecule has 0 bridgehead atoms. The SMILES string of the molecule is COC(=O)c1ccc(/C=C2\Oc3cc(OCc4ccc(Br)cc4)cc(C)c3C2=O)cc1. The third kappa shape index (κ3) is 4.54. The lowest BCUT2D eigenvalue weighted by Gasteiger charge is -2.09. The molecule has 0 saturated heterocycles. The topological polar surface area (TPSA) is 61.8 Å². The van der Waals surface area contributed by atoms with Gasteiger partial charge in [0.15, 0.2) is 5.76 Å². The summed E-state index contributed by atoms with van der Waals surface area (Å²) in [6, 6.07) is 18.2. The zero-order valence-electron chi connectivity index (χ0n) is 17.0. The molecule has 3 aromatic carbocycles. The minimum absolute atomic E-state index is 0.177. The van der Waals surface area contributed by atoms with E-state index in [1.165, 1.54) is 7.11 Å². The molecule has 31 heavy (non-hydrogen) atoms. The minimum atomic E-state index is -0.411. The van der Waals surface area contributed by atoms with Gasteiger partial charge in [-0.05, 0) is 60.0 Å². The quantitative estimate of drug-likeness (QED) is 0.345. The normalized spacial score (nSPS) is 13.6. The van der Waals surface area contributed by atoms with Crippen molar-refractivity contribution in [3.05, 3.63) is 98.7 Å². The van der Waals surface area contributed by atoms with Gasteiger partial charge in [0.1, 0.15) is 18.1 Å². The monoisotopic (exact) mass is 478 g/mol. The third-order valence-electron chi connectivity index (χ3n) is 4.89. The van der Waals surface area contributed by atoms with Crippen LogP contribution in [-0.2, 0) is 11.3 Å². The van der Waals surface area contributed by atoms with Crippen molar-refractivity contribution < 1.29 is 23.8 Å². The van der Waals surface area contributed by atoms with E-state index in [4.69, 9.17) is 14.2 Å². The van der Waals surface area contributed by atoms with Crippen LogP contribution >= 0.6 is 15.9 Å². The molecule has 0 aliphatic carbocycles. The molecule has 0 aromatic heterocycles. The summed E-state index contributed by atoms with van der Waals surface area (Å²) in [5, 5.41) is 0. The second-order valence-corrected chi connectivity index (χ2v) is 8.00. The number of esters is 1. The lowest BCUT2D eigenvalue weighted by atomic mass is 10.0. The fraction of sp³-hybridized carbons (Fsp3) is 0.120. The van der Waals surface area contributed by atoms with E-state index >= 15 is 0 Å². The summed E-state index contributed by atoms with van der Waals surface area (Å²) in [5.74, 6) is 0.757. The zero-order chi connectivity index (χ0) is 22.0. The molecule has 6 heteroatoms. The van der Waals surface area contributed by atoms with Gasteiger partial charge in [-0.3, -0.25) is 4.79 Å². The van der Waals surface area contributed by atoms with Crippen LogP contribution < -0.4 is 9.47 Å². The first-order valence-corrected chi connectivity index (χ1v) is 10.4. The van der Waals surface area contributed by atoms with E-state index in [0.717, 1.165) is 21.2 Å². The highest BCUT2D eigenvalue weighted by molar-refractivity contribution is 9.10. The summed E-state index contributed by atoms with van der Waals surface area (Å²) in [6.45, 7) is 2.27. The first-order chi connectivity index (χ1) is 14.9. The first kappa shape index (κ1) is 20.9. The number of allylic oxidation sites excluding steroid dienone is 1. The zero-order valence-corrected chi connectivity index (χ0v) is 18.6. The van der Waals surface area contributed by atoms with Crippen molar-refractivity contribution in [1.82, 2.24) is 0 Å². The molecule has 0 atom stereocenters. The van der Waals surface area contributed by atoms with Crippen molar-refractivity contribution in [3.8, 4) is 11.5 Å². The Hall–Kier alpha value is -3.38. The predicted octanol–water partition coefficient (Wildman–Crippen LogP) is 5.74. The Labute approximate surface area is 188 Å². The molecule has 3 aromatic rings. The van der Waals surface area contributed by atoms with Crippen LogP contribution in [0.15, 0.2) is 70.9 Å². The molecule has 5 nitrogen and oxygen atoms in total. The van der Waals surface area contributed by atoms with E-state index in [1.54, 1.807) is 36.4 Å². The molecular weight excluding hydrogens is 460 g/mol. The Bertz CT molecular complexity index is 1180. The maximum atomic E-state index is 12.9. The molecule has 4 rings (SSSR count). The number of Topliss-reactive ketones (excluding diaryl/α,β-unsaturated/α-hetero) is 1. The fourth-order valence-electron chi connectivity index (χ4n) is 3.29. The van der Waals surface area contributed by atoms with Crippen LogP contribution in [0.4, 0.5) is 0 Å². The van der Waals surface area contributed by atoms with E-state index < -0.39 is 5.97 Å². The molecule has 0 unspecified atom stereocenters. The number of halogens is 1. The Morgan fingerprint density at radius 3 is 2.45 bits per heavy atom. The highest BCUT2D eigenvalue weighted by atomic mass is 79.9. The van der Waals surface area contributed by atoms with Gasteiger partial charge in [0.05, 0.1) is 18.2 Å². The van der Waals surface area contributed by atoms with Crippen molar-refractivity contribution >= 4 is 33.8 Å². The van der Waals surface area contributed by atoms with Crippen molar-refractivity contribution in [2.24, 2.45) is 0 Å². The fourth-order valence-corrected chi connectivity index (χ4v) is 3.56. The van der Waals surface area contributed by atoms with Gasteiger partial charge >= 0.3 is 5.97 Å². The van der Waals surface area contributed by atoms with E-state index in [0.29, 0.717) is 29.2 Å². The van der Waals surface area contributed by atoms with E-state index in [-0.39, 0.29) is 11.5 Å². The third-order valence-corrected chi connectivity index (χ3v) is 5.42. The highest BCUT2D eigenvalue weighted by Gasteiger charge is 2.30. The van der Waals surface area contributed by atoms with Crippen LogP contribution in [-0.4, -0.2) is 18.9 Å². The minimum Gasteiger partial charge on any atom is -0.489 e. The molecule has 0 amide bonds. The summed E-state index contributed by atoms with van der Waals surface area (Å²) < 4.78 is 17.5. The largest absolute Gasteiger partial charge is 0.489 e. The summed E-state index contributed by atoms with van der Waals surface area (Å²) in [7, 11) is 1.33. The molecule has 0 saturated carbocycles. The lowest BCUT2D eigenvalue weighted by Crippen LogP contribution is -2.01. The second kappa shape index (κ2) is 8.78. The van der Waals surface area contributed by atoms with Crippen LogP contribution in [0.2, 0.25) is 0 Å². The number of hydrogen-bond acceptors (Lipinski definition) is 5. The Balaban J connectivity index is 1.52. The van der Waals surface area contributed by atoms with Gasteiger partial charge in [0.2, 0.25) is 5.78 Å². The standard InChI is InChI=1S/C25H19BrO5/c1-15-11-20(30-14-17-5-9-19(26)10-6-17)13-21-23(15)24(27)22(31-21)12-16-3-7-18(8-4-16)25(28)29-2/h3-13H,14H2,1-2H3/b22-12-. The van der Waals surface area contributed by atoms with Gasteiger partial charge in [0.25, 0.3) is 0 Å². The molecule has 1 aliphatic rings. The van der Waals surface area contributed by atoms with Gasteiger partial charge < -0.3 is 14.2 Å². The number of aryl methyl sites for hydroxylation is 1. The molecule has 0 N–H and O–H groups in total. The molecule has 1 heterocycles. The maximum Gasteiger partial charge on any atom is 0.337 e. The van der Waals surface area contributed by atoms with Crippen molar-refractivity contribution in [3.63, 3.8) is 0 Å². The second-order valence-electron chi connectivity index (χ2n) is 7.08. The van der Waals surface area contributed by atoms with E-state index in [2.05, 4.69) is 15.9 Å². The molecule has 0 fully saturated rings. The Morgan fingerprint density at radius 1 is 1.06 bits per heavy atom. The number of hydrogen-bond donors (Lipinski definition) is 0. The summed E-state index contributed by atoms with van der Waals surface area (Å²) in [5.41, 5.74) is 3.55. The average Bonchev–Trinajstić information content (AvgIpc) is 3.08. The number of ketones is 1. The van der Waals surface area contributed by atoms with Crippen LogP contribution in [0.5, 0.6) is 11.5 Å². The number of ether oxygens (including phenoxy) is 3. The number of carbonyl (C=O) groups excluding carboxylic acids is 2. The number of benzene rings is 3. The molecule has 156 valence electrons. The average molecular weight is 479 g/mol. The molecule has 1 aliphatic heterocycles. The summed E-state index contributed by atoms with van der Waals surface area (Å²) in [6.07, 6.45) is 1.66. The number of carbonyl (C=O) groups is 2. The maximum absolute atomic E-state index is 12.9. The smallest absolute Gasteiger partial charge is 0.337 e. The van der Waals surface area contributed by atoms with Crippen molar-refractivity contribution in [1.29, 1.82) is 0 Å². The molecule has 0 radical (unpaired) electrons. The van der Waals surface area contributed by atoms with Crippen LogP contribution in [0, 0.1) is 6.92 Å².